The molecule has 0 saturated heterocycles. The van der Waals surface area contributed by atoms with Crippen LogP contribution in [-0.4, -0.2) is 33.9 Å². The van der Waals surface area contributed by atoms with Crippen molar-refractivity contribution >= 4 is 33.9 Å². The van der Waals surface area contributed by atoms with Crippen molar-refractivity contribution in [2.24, 2.45) is 0 Å². The highest BCUT2D eigenvalue weighted by Gasteiger charge is 2.25. The number of carbonyl (C=O) groups is 1. The molecule has 0 unspecified atom stereocenters. The predicted molar refractivity (Wildman–Crippen MR) is 139 cm³/mol. The zero-order chi connectivity index (χ0) is 24.0. The summed E-state index contributed by atoms with van der Waals surface area (Å²) in [5, 5.41) is 4.73. The first kappa shape index (κ1) is 22.4. The molecular weight excluding hydrogens is 422 g/mol. The molecule has 1 aliphatic heterocycles. The number of hydrogen-bond acceptors (Lipinski definition) is 5. The Kier molecular flexibility index (Phi) is 5.76. The molecule has 176 valence electrons. The molecule has 2 aromatic carbocycles. The second kappa shape index (κ2) is 8.75. The van der Waals surface area contributed by atoms with E-state index in [0.717, 1.165) is 71.6 Å². The summed E-state index contributed by atoms with van der Waals surface area (Å²) in [5.41, 5.74) is 15.7. The maximum absolute atomic E-state index is 11.8. The van der Waals surface area contributed by atoms with Crippen LogP contribution < -0.4 is 11.1 Å². The Hall–Kier alpha value is -3.41. The lowest BCUT2D eigenvalue weighted by molar-refractivity contribution is -0.128. The van der Waals surface area contributed by atoms with E-state index < -0.39 is 0 Å². The van der Waals surface area contributed by atoms with Crippen molar-refractivity contribution in [1.29, 1.82) is 0 Å². The van der Waals surface area contributed by atoms with Crippen LogP contribution in [0.1, 0.15) is 66.4 Å². The van der Waals surface area contributed by atoms with Crippen LogP contribution in [-0.2, 0) is 17.6 Å². The molecule has 1 aliphatic carbocycles. The standard InChI is InChI=1S/C28H33N5O/c1-16-12-21(14-22(29)13-16)17(2)30-28-26-15-25(20-8-10-33(11-9-20)19(4)34)23-6-5-7-24(23)27(26)31-18(3)32-28/h8,12-15,17H,5-7,9-11,29H2,1-4H3,(H,30,31,32)/t17-/m1/s1. The van der Waals surface area contributed by atoms with E-state index in [1.807, 2.05) is 24.0 Å². The minimum Gasteiger partial charge on any atom is -0.399 e. The van der Waals surface area contributed by atoms with Crippen molar-refractivity contribution in [3.63, 3.8) is 0 Å². The molecule has 6 nitrogen and oxygen atoms in total. The maximum Gasteiger partial charge on any atom is 0.219 e. The fourth-order valence-electron chi connectivity index (χ4n) is 5.46. The van der Waals surface area contributed by atoms with E-state index >= 15 is 0 Å². The number of nitrogen functional groups attached to an aromatic ring is 1. The molecule has 5 rings (SSSR count). The van der Waals surface area contributed by atoms with Gasteiger partial charge in [-0.15, -0.1) is 0 Å². The van der Waals surface area contributed by atoms with Crippen LogP contribution in [0.5, 0.6) is 0 Å². The van der Waals surface area contributed by atoms with Crippen molar-refractivity contribution in [2.75, 3.05) is 24.1 Å². The number of nitrogens with zero attached hydrogens (tertiary/aromatic N) is 3. The van der Waals surface area contributed by atoms with Gasteiger partial charge in [-0.05, 0) is 98.0 Å². The summed E-state index contributed by atoms with van der Waals surface area (Å²) in [6, 6.07) is 8.52. The van der Waals surface area contributed by atoms with Gasteiger partial charge in [-0.3, -0.25) is 4.79 Å². The summed E-state index contributed by atoms with van der Waals surface area (Å²) in [6.45, 7) is 9.28. The smallest absolute Gasteiger partial charge is 0.219 e. The summed E-state index contributed by atoms with van der Waals surface area (Å²) < 4.78 is 0. The number of hydrogen-bond donors (Lipinski definition) is 2. The first-order valence-electron chi connectivity index (χ1n) is 12.2. The average Bonchev–Trinajstić information content (AvgIpc) is 3.28. The Morgan fingerprint density at radius 1 is 1.09 bits per heavy atom. The summed E-state index contributed by atoms with van der Waals surface area (Å²) in [6.07, 6.45) is 6.39. The molecule has 3 N–H and O–H groups in total. The van der Waals surface area contributed by atoms with Crippen molar-refractivity contribution in [3.05, 3.63) is 64.0 Å². The minimum atomic E-state index is 0.0504. The second-order valence-electron chi connectivity index (χ2n) is 9.74. The lowest BCUT2D eigenvalue weighted by Gasteiger charge is -2.27. The van der Waals surface area contributed by atoms with E-state index in [1.54, 1.807) is 6.92 Å². The van der Waals surface area contributed by atoms with Gasteiger partial charge in [-0.2, -0.15) is 0 Å². The lowest BCUT2D eigenvalue weighted by Crippen LogP contribution is -2.32. The van der Waals surface area contributed by atoms with Crippen molar-refractivity contribution in [1.82, 2.24) is 14.9 Å². The maximum atomic E-state index is 11.8. The number of fused-ring (bicyclic) bond motifs is 3. The van der Waals surface area contributed by atoms with Crippen molar-refractivity contribution in [2.45, 2.75) is 59.4 Å². The monoisotopic (exact) mass is 455 g/mol. The fraction of sp³-hybridized carbons (Fsp3) is 0.393. The molecule has 1 aromatic heterocycles. The Bertz CT molecular complexity index is 1310. The second-order valence-corrected chi connectivity index (χ2v) is 9.74. The zero-order valence-electron chi connectivity index (χ0n) is 20.5. The number of rotatable bonds is 4. The van der Waals surface area contributed by atoms with Crippen LogP contribution in [0.25, 0.3) is 16.5 Å². The summed E-state index contributed by atoms with van der Waals surface area (Å²) >= 11 is 0. The van der Waals surface area contributed by atoms with Crippen LogP contribution in [0.2, 0.25) is 0 Å². The van der Waals surface area contributed by atoms with E-state index in [2.05, 4.69) is 37.4 Å². The molecule has 0 radical (unpaired) electrons. The number of anilines is 2. The molecule has 3 aromatic rings. The summed E-state index contributed by atoms with van der Waals surface area (Å²) in [7, 11) is 0. The zero-order valence-corrected chi connectivity index (χ0v) is 20.5. The van der Waals surface area contributed by atoms with Crippen molar-refractivity contribution in [3.8, 4) is 0 Å². The van der Waals surface area contributed by atoms with Crippen LogP contribution in [0.15, 0.2) is 30.3 Å². The van der Waals surface area contributed by atoms with E-state index in [9.17, 15) is 4.79 Å². The van der Waals surface area contributed by atoms with Crippen molar-refractivity contribution < 1.29 is 4.79 Å². The summed E-state index contributed by atoms with van der Waals surface area (Å²) in [4.78, 5) is 23.4. The number of carbonyl (C=O) groups excluding carboxylic acids is 1. The van der Waals surface area contributed by atoms with Gasteiger partial charge in [0.15, 0.2) is 0 Å². The first-order chi connectivity index (χ1) is 16.3. The Morgan fingerprint density at radius 2 is 1.88 bits per heavy atom. The van der Waals surface area contributed by atoms with Crippen LogP contribution in [0.3, 0.4) is 0 Å². The Balaban J connectivity index is 1.59. The van der Waals surface area contributed by atoms with Gasteiger partial charge >= 0.3 is 0 Å². The molecule has 2 heterocycles. The topological polar surface area (TPSA) is 84.1 Å². The largest absolute Gasteiger partial charge is 0.399 e. The summed E-state index contributed by atoms with van der Waals surface area (Å²) in [5.74, 6) is 1.79. The van der Waals surface area contributed by atoms with Gasteiger partial charge in [0.05, 0.1) is 11.6 Å². The third kappa shape index (κ3) is 4.13. The van der Waals surface area contributed by atoms with Crippen LogP contribution in [0.4, 0.5) is 11.5 Å². The predicted octanol–water partition coefficient (Wildman–Crippen LogP) is 5.13. The highest BCUT2D eigenvalue weighted by Crippen LogP contribution is 2.39. The molecule has 0 spiro atoms. The van der Waals surface area contributed by atoms with Gasteiger partial charge in [0.2, 0.25) is 5.91 Å². The van der Waals surface area contributed by atoms with Gasteiger partial charge in [0, 0.05) is 31.1 Å². The fourth-order valence-corrected chi connectivity index (χ4v) is 5.46. The molecule has 0 bridgehead atoms. The number of nitrogens with one attached hydrogen (secondary N) is 1. The molecule has 6 heteroatoms. The normalized spacial score (nSPS) is 16.4. The highest BCUT2D eigenvalue weighted by molar-refractivity contribution is 5.96. The quantitative estimate of drug-likeness (QED) is 0.533. The van der Waals surface area contributed by atoms with Gasteiger partial charge < -0.3 is 16.0 Å². The van der Waals surface area contributed by atoms with Gasteiger partial charge in [0.25, 0.3) is 0 Å². The highest BCUT2D eigenvalue weighted by atomic mass is 16.2. The average molecular weight is 456 g/mol. The van der Waals surface area contributed by atoms with E-state index in [0.29, 0.717) is 6.54 Å². The Morgan fingerprint density at radius 3 is 2.59 bits per heavy atom. The van der Waals surface area contributed by atoms with Crippen LogP contribution >= 0.6 is 0 Å². The molecule has 2 aliphatic rings. The molecule has 1 amide bonds. The van der Waals surface area contributed by atoms with Gasteiger partial charge in [-0.25, -0.2) is 9.97 Å². The van der Waals surface area contributed by atoms with Crippen LogP contribution in [0, 0.1) is 13.8 Å². The van der Waals surface area contributed by atoms with E-state index in [-0.39, 0.29) is 11.9 Å². The number of aromatic nitrogens is 2. The lowest BCUT2D eigenvalue weighted by atomic mass is 9.90. The molecule has 0 saturated carbocycles. The minimum absolute atomic E-state index is 0.0504. The first-order valence-corrected chi connectivity index (χ1v) is 12.2. The molecule has 1 atom stereocenters. The number of amides is 1. The number of benzene rings is 2. The molecule has 34 heavy (non-hydrogen) atoms. The SMILES string of the molecule is CC(=O)N1CC=C(c2cc3c(N[C@H](C)c4cc(C)cc(N)c4)nc(C)nc3c3c2CCC3)CC1. The third-order valence-corrected chi connectivity index (χ3v) is 7.15. The Labute approximate surface area is 201 Å². The molecule has 0 fully saturated rings. The van der Waals surface area contributed by atoms with E-state index in [1.165, 1.54) is 22.3 Å². The van der Waals surface area contributed by atoms with Gasteiger partial charge in [0.1, 0.15) is 11.6 Å². The number of nitrogens with two attached hydrogens (primary N) is 1. The molecular formula is C28H33N5O. The van der Waals surface area contributed by atoms with E-state index in [4.69, 9.17) is 15.7 Å². The third-order valence-electron chi connectivity index (χ3n) is 7.15. The van der Waals surface area contributed by atoms with Gasteiger partial charge in [-0.1, -0.05) is 12.1 Å². The number of aryl methyl sites for hydroxylation is 3.